The SMILES string of the molecule is C=CCCCCO[C@@H](COCCCCCCCC)COC(c1ccccc1)(c1ccccc1)c1ccccc1. The molecule has 0 amide bonds. The molecule has 3 aromatic carbocycles. The van der Waals surface area contributed by atoms with E-state index in [4.69, 9.17) is 14.2 Å². The monoisotopic (exact) mass is 528 g/mol. The van der Waals surface area contributed by atoms with Gasteiger partial charge < -0.3 is 14.2 Å². The second-order valence-corrected chi connectivity index (χ2v) is 10.2. The molecule has 0 aliphatic rings. The van der Waals surface area contributed by atoms with E-state index >= 15 is 0 Å². The van der Waals surface area contributed by atoms with Gasteiger partial charge in [-0.05, 0) is 42.4 Å². The second kappa shape index (κ2) is 18.5. The van der Waals surface area contributed by atoms with Crippen LogP contribution >= 0.6 is 0 Å². The highest BCUT2D eigenvalue weighted by Crippen LogP contribution is 2.40. The number of hydrogen-bond donors (Lipinski definition) is 0. The van der Waals surface area contributed by atoms with Gasteiger partial charge in [0.2, 0.25) is 0 Å². The van der Waals surface area contributed by atoms with Crippen LogP contribution in [0.15, 0.2) is 104 Å². The normalized spacial score (nSPS) is 12.3. The Morgan fingerprint density at radius 2 is 1.15 bits per heavy atom. The molecular weight excluding hydrogens is 480 g/mol. The highest BCUT2D eigenvalue weighted by molar-refractivity contribution is 5.47. The van der Waals surface area contributed by atoms with Gasteiger partial charge in [0.1, 0.15) is 11.7 Å². The van der Waals surface area contributed by atoms with Gasteiger partial charge in [0.05, 0.1) is 13.2 Å². The first-order chi connectivity index (χ1) is 19.3. The molecule has 3 nitrogen and oxygen atoms in total. The van der Waals surface area contributed by atoms with Crippen LogP contribution in [0.25, 0.3) is 0 Å². The summed E-state index contributed by atoms with van der Waals surface area (Å²) in [5.74, 6) is 0. The van der Waals surface area contributed by atoms with Crippen LogP contribution < -0.4 is 0 Å². The Kier molecular flexibility index (Phi) is 14.7. The molecule has 0 heterocycles. The molecule has 0 fully saturated rings. The summed E-state index contributed by atoms with van der Waals surface area (Å²) in [6.45, 7) is 8.51. The summed E-state index contributed by atoms with van der Waals surface area (Å²) >= 11 is 0. The van der Waals surface area contributed by atoms with E-state index in [1.165, 1.54) is 32.1 Å². The van der Waals surface area contributed by atoms with E-state index in [1.54, 1.807) is 0 Å². The van der Waals surface area contributed by atoms with E-state index in [2.05, 4.69) is 104 Å². The number of unbranched alkanes of at least 4 members (excludes halogenated alkanes) is 7. The van der Waals surface area contributed by atoms with E-state index in [1.807, 2.05) is 6.08 Å². The van der Waals surface area contributed by atoms with Crippen LogP contribution in [0.3, 0.4) is 0 Å². The molecule has 3 aromatic rings. The highest BCUT2D eigenvalue weighted by Gasteiger charge is 2.38. The lowest BCUT2D eigenvalue weighted by atomic mass is 9.80. The third-order valence-corrected chi connectivity index (χ3v) is 7.13. The van der Waals surface area contributed by atoms with Crippen molar-refractivity contribution < 1.29 is 14.2 Å². The molecule has 0 aromatic heterocycles. The van der Waals surface area contributed by atoms with Crippen molar-refractivity contribution in [2.45, 2.75) is 76.4 Å². The van der Waals surface area contributed by atoms with Crippen molar-refractivity contribution in [3.05, 3.63) is 120 Å². The fraction of sp³-hybridized carbons (Fsp3) is 0.444. The zero-order chi connectivity index (χ0) is 27.4. The quantitative estimate of drug-likeness (QED) is 0.0784. The fourth-order valence-electron chi connectivity index (χ4n) is 4.97. The van der Waals surface area contributed by atoms with E-state index in [9.17, 15) is 0 Å². The predicted molar refractivity (Wildman–Crippen MR) is 163 cm³/mol. The Hall–Kier alpha value is -2.72. The Morgan fingerprint density at radius 3 is 1.69 bits per heavy atom. The Bertz CT molecular complexity index is 907. The van der Waals surface area contributed by atoms with Gasteiger partial charge in [-0.2, -0.15) is 0 Å². The number of rotatable bonds is 21. The van der Waals surface area contributed by atoms with E-state index in [0.717, 1.165) is 49.0 Å². The molecule has 0 unspecified atom stereocenters. The molecule has 0 N–H and O–H groups in total. The van der Waals surface area contributed by atoms with E-state index in [0.29, 0.717) is 19.8 Å². The first kappa shape index (κ1) is 30.8. The molecule has 0 spiro atoms. The molecule has 0 aliphatic heterocycles. The Labute approximate surface area is 237 Å². The minimum Gasteiger partial charge on any atom is -0.379 e. The molecule has 0 saturated carbocycles. The van der Waals surface area contributed by atoms with Crippen LogP contribution in [0, 0.1) is 0 Å². The average molecular weight is 529 g/mol. The van der Waals surface area contributed by atoms with Crippen molar-refractivity contribution >= 4 is 0 Å². The third kappa shape index (κ3) is 10.1. The van der Waals surface area contributed by atoms with Crippen LogP contribution in [-0.4, -0.2) is 32.5 Å². The van der Waals surface area contributed by atoms with Crippen LogP contribution in [0.4, 0.5) is 0 Å². The van der Waals surface area contributed by atoms with Crippen molar-refractivity contribution in [3.8, 4) is 0 Å². The lowest BCUT2D eigenvalue weighted by molar-refractivity contribution is -0.0922. The number of benzene rings is 3. The Morgan fingerprint density at radius 1 is 0.641 bits per heavy atom. The third-order valence-electron chi connectivity index (χ3n) is 7.13. The molecule has 0 aliphatic carbocycles. The lowest BCUT2D eigenvalue weighted by Crippen LogP contribution is -2.37. The standard InChI is InChI=1S/C36H48O3/c1-3-5-7-9-10-20-28-37-30-35(38-29-21-8-6-4-2)31-39-36(32-22-14-11-15-23-32,33-24-16-12-17-25-33)34-26-18-13-19-27-34/h4,11-19,22-27,35H,2-3,5-10,20-21,28-31H2,1H3/t35-/m0/s1. The summed E-state index contributed by atoms with van der Waals surface area (Å²) in [6.07, 6.45) is 12.4. The predicted octanol–water partition coefficient (Wildman–Crippen LogP) is 9.11. The summed E-state index contributed by atoms with van der Waals surface area (Å²) in [4.78, 5) is 0. The van der Waals surface area contributed by atoms with Crippen molar-refractivity contribution in [1.82, 2.24) is 0 Å². The van der Waals surface area contributed by atoms with Gasteiger partial charge >= 0.3 is 0 Å². The molecule has 39 heavy (non-hydrogen) atoms. The lowest BCUT2D eigenvalue weighted by Gasteiger charge is -2.37. The summed E-state index contributed by atoms with van der Waals surface area (Å²) in [6, 6.07) is 31.6. The first-order valence-electron chi connectivity index (χ1n) is 14.9. The summed E-state index contributed by atoms with van der Waals surface area (Å²) < 4.78 is 19.5. The molecule has 210 valence electrons. The summed E-state index contributed by atoms with van der Waals surface area (Å²) in [7, 11) is 0. The second-order valence-electron chi connectivity index (χ2n) is 10.2. The van der Waals surface area contributed by atoms with Crippen LogP contribution in [0.1, 0.15) is 81.4 Å². The molecule has 3 rings (SSSR count). The maximum atomic E-state index is 7.03. The zero-order valence-electron chi connectivity index (χ0n) is 23.9. The van der Waals surface area contributed by atoms with Gasteiger partial charge in [-0.3, -0.25) is 0 Å². The van der Waals surface area contributed by atoms with E-state index in [-0.39, 0.29) is 6.10 Å². The van der Waals surface area contributed by atoms with Gasteiger partial charge in [0.15, 0.2) is 0 Å². The number of hydrogen-bond acceptors (Lipinski definition) is 3. The van der Waals surface area contributed by atoms with Gasteiger partial charge in [-0.25, -0.2) is 0 Å². The van der Waals surface area contributed by atoms with Crippen LogP contribution in [0.2, 0.25) is 0 Å². The number of ether oxygens (including phenoxy) is 3. The number of allylic oxidation sites excluding steroid dienone is 1. The van der Waals surface area contributed by atoms with Crippen molar-refractivity contribution in [2.24, 2.45) is 0 Å². The minimum absolute atomic E-state index is 0.149. The molecule has 1 atom stereocenters. The topological polar surface area (TPSA) is 27.7 Å². The summed E-state index contributed by atoms with van der Waals surface area (Å²) in [5, 5.41) is 0. The van der Waals surface area contributed by atoms with Crippen molar-refractivity contribution in [1.29, 1.82) is 0 Å². The Balaban J connectivity index is 1.76. The first-order valence-corrected chi connectivity index (χ1v) is 14.9. The maximum absolute atomic E-state index is 7.03. The molecule has 0 bridgehead atoms. The van der Waals surface area contributed by atoms with Gasteiger partial charge in [0, 0.05) is 13.2 Å². The maximum Gasteiger partial charge on any atom is 0.143 e. The highest BCUT2D eigenvalue weighted by atomic mass is 16.6. The van der Waals surface area contributed by atoms with Crippen molar-refractivity contribution in [2.75, 3.05) is 26.4 Å². The fourth-order valence-corrected chi connectivity index (χ4v) is 4.97. The molecule has 3 heteroatoms. The van der Waals surface area contributed by atoms with Crippen LogP contribution in [-0.2, 0) is 19.8 Å². The van der Waals surface area contributed by atoms with Gasteiger partial charge in [-0.15, -0.1) is 6.58 Å². The zero-order valence-corrected chi connectivity index (χ0v) is 23.9. The summed E-state index contributed by atoms with van der Waals surface area (Å²) in [5.41, 5.74) is 2.54. The van der Waals surface area contributed by atoms with E-state index < -0.39 is 5.60 Å². The van der Waals surface area contributed by atoms with Crippen molar-refractivity contribution in [3.63, 3.8) is 0 Å². The van der Waals surface area contributed by atoms with Gasteiger partial charge in [-0.1, -0.05) is 136 Å². The largest absolute Gasteiger partial charge is 0.379 e. The smallest absolute Gasteiger partial charge is 0.143 e. The minimum atomic E-state index is -0.756. The van der Waals surface area contributed by atoms with Gasteiger partial charge in [0.25, 0.3) is 0 Å². The molecule has 0 saturated heterocycles. The average Bonchev–Trinajstić information content (AvgIpc) is 3.00. The molecule has 0 radical (unpaired) electrons. The van der Waals surface area contributed by atoms with Crippen LogP contribution in [0.5, 0.6) is 0 Å². The molecular formula is C36H48O3.